The molecule has 0 amide bonds. The van der Waals surface area contributed by atoms with Crippen molar-refractivity contribution in [1.29, 1.82) is 0 Å². The Morgan fingerprint density at radius 2 is 2.09 bits per heavy atom. The first-order chi connectivity index (χ1) is 5.33. The quantitative estimate of drug-likeness (QED) is 0.549. The number of halogens is 1. The number of hydrogen-bond acceptors (Lipinski definition) is 2. The number of rotatable bonds is 1. The molecule has 62 valence electrons. The second-order valence-electron chi connectivity index (χ2n) is 3.38. The van der Waals surface area contributed by atoms with Crippen LogP contribution in [0.2, 0.25) is 0 Å². The number of carbonyl (C=O) groups excluding carboxylic acids is 1. The molecule has 0 aromatic rings. The number of Topliss-reactive ketones (excluding diaryl/α,β-unsaturated/α-hetero) is 1. The summed E-state index contributed by atoms with van der Waals surface area (Å²) in [7, 11) is 0. The Kier molecular flexibility index (Phi) is 1.90. The summed E-state index contributed by atoms with van der Waals surface area (Å²) in [6.07, 6.45) is 2.12. The highest BCUT2D eigenvalue weighted by Crippen LogP contribution is 2.29. The Morgan fingerprint density at radius 1 is 1.45 bits per heavy atom. The van der Waals surface area contributed by atoms with Crippen molar-refractivity contribution in [2.45, 2.75) is 18.9 Å². The third-order valence-electron chi connectivity index (χ3n) is 2.85. The third kappa shape index (κ3) is 1.09. The summed E-state index contributed by atoms with van der Waals surface area (Å²) in [5, 5.41) is 0. The van der Waals surface area contributed by atoms with Crippen molar-refractivity contribution in [3.05, 3.63) is 0 Å². The largest absolute Gasteiger partial charge is 0.298 e. The number of carbonyl (C=O) groups is 1. The van der Waals surface area contributed by atoms with E-state index in [0.29, 0.717) is 17.6 Å². The van der Waals surface area contributed by atoms with Crippen LogP contribution in [-0.2, 0) is 4.79 Å². The third-order valence-corrected chi connectivity index (χ3v) is 3.14. The smallest absolute Gasteiger partial charge is 0.154 e. The molecule has 0 saturated carbocycles. The van der Waals surface area contributed by atoms with Crippen LogP contribution in [0.3, 0.4) is 0 Å². The molecule has 3 heteroatoms. The highest BCUT2D eigenvalue weighted by Gasteiger charge is 2.39. The SMILES string of the molecule is O=C1C2CCN(CC2)C1CCl. The van der Waals surface area contributed by atoms with Crippen molar-refractivity contribution in [3.63, 3.8) is 0 Å². The van der Waals surface area contributed by atoms with E-state index in [9.17, 15) is 4.79 Å². The average Bonchev–Trinajstić information content (AvgIpc) is 2.06. The van der Waals surface area contributed by atoms with E-state index in [1.807, 2.05) is 0 Å². The number of alkyl halides is 1. The van der Waals surface area contributed by atoms with Crippen LogP contribution in [-0.4, -0.2) is 35.7 Å². The van der Waals surface area contributed by atoms with Crippen LogP contribution in [0.4, 0.5) is 0 Å². The molecule has 0 spiro atoms. The first-order valence-electron chi connectivity index (χ1n) is 4.16. The van der Waals surface area contributed by atoms with Gasteiger partial charge in [-0.1, -0.05) is 0 Å². The van der Waals surface area contributed by atoms with Crippen LogP contribution in [0, 0.1) is 5.92 Å². The van der Waals surface area contributed by atoms with Gasteiger partial charge in [0, 0.05) is 11.8 Å². The van der Waals surface area contributed by atoms with Crippen molar-refractivity contribution >= 4 is 17.4 Å². The van der Waals surface area contributed by atoms with E-state index in [0.717, 1.165) is 25.9 Å². The van der Waals surface area contributed by atoms with Crippen LogP contribution >= 0.6 is 11.6 Å². The zero-order valence-electron chi connectivity index (χ0n) is 6.42. The van der Waals surface area contributed by atoms with Gasteiger partial charge in [-0.15, -0.1) is 11.6 Å². The number of nitrogens with zero attached hydrogens (tertiary/aromatic N) is 1. The van der Waals surface area contributed by atoms with Crippen LogP contribution in [0.1, 0.15) is 12.8 Å². The molecule has 3 fully saturated rings. The Labute approximate surface area is 71.5 Å². The molecule has 3 saturated heterocycles. The Hall–Kier alpha value is -0.0800. The Bertz CT molecular complexity index is 175. The normalized spacial score (nSPS) is 43.0. The molecule has 3 rings (SSSR count). The molecule has 2 bridgehead atoms. The molecule has 1 unspecified atom stereocenters. The zero-order valence-corrected chi connectivity index (χ0v) is 7.18. The average molecular weight is 174 g/mol. The summed E-state index contributed by atoms with van der Waals surface area (Å²) < 4.78 is 0. The Morgan fingerprint density at radius 3 is 2.45 bits per heavy atom. The molecule has 3 aliphatic heterocycles. The van der Waals surface area contributed by atoms with Crippen molar-refractivity contribution in [3.8, 4) is 0 Å². The highest BCUT2D eigenvalue weighted by molar-refractivity contribution is 6.20. The fourth-order valence-electron chi connectivity index (χ4n) is 2.12. The van der Waals surface area contributed by atoms with Gasteiger partial charge in [0.1, 0.15) is 0 Å². The lowest BCUT2D eigenvalue weighted by molar-refractivity contribution is -0.135. The van der Waals surface area contributed by atoms with Gasteiger partial charge in [-0.05, 0) is 25.9 Å². The second kappa shape index (κ2) is 2.76. The maximum Gasteiger partial charge on any atom is 0.154 e. The van der Waals surface area contributed by atoms with Gasteiger partial charge in [0.05, 0.1) is 6.04 Å². The summed E-state index contributed by atoms with van der Waals surface area (Å²) in [4.78, 5) is 13.7. The number of fused-ring (bicyclic) bond motifs is 3. The fraction of sp³-hybridized carbons (Fsp3) is 0.875. The Balaban J connectivity index is 2.16. The first kappa shape index (κ1) is 7.56. The van der Waals surface area contributed by atoms with E-state index < -0.39 is 0 Å². The summed E-state index contributed by atoms with van der Waals surface area (Å²) in [6.45, 7) is 2.15. The molecule has 0 aliphatic carbocycles. The molecule has 0 radical (unpaired) electrons. The van der Waals surface area contributed by atoms with Gasteiger partial charge in [0.25, 0.3) is 0 Å². The van der Waals surface area contributed by atoms with Gasteiger partial charge in [-0.3, -0.25) is 9.69 Å². The molecule has 3 heterocycles. The fourth-order valence-corrected chi connectivity index (χ4v) is 2.47. The van der Waals surface area contributed by atoms with Gasteiger partial charge >= 0.3 is 0 Å². The van der Waals surface area contributed by atoms with Gasteiger partial charge in [0.15, 0.2) is 5.78 Å². The minimum atomic E-state index is 0.0455. The standard InChI is InChI=1S/C8H12ClNO/c9-5-7-8(11)6-1-3-10(7)4-2-6/h6-7H,1-5H2. The molecular formula is C8H12ClNO. The van der Waals surface area contributed by atoms with Gasteiger partial charge in [0.2, 0.25) is 0 Å². The van der Waals surface area contributed by atoms with Gasteiger partial charge in [-0.2, -0.15) is 0 Å². The number of ketones is 1. The number of hydrogen-bond donors (Lipinski definition) is 0. The monoisotopic (exact) mass is 173 g/mol. The molecule has 0 N–H and O–H groups in total. The van der Waals surface area contributed by atoms with Crippen LogP contribution in [0.5, 0.6) is 0 Å². The zero-order chi connectivity index (χ0) is 7.84. The molecule has 0 aromatic carbocycles. The molecule has 3 aliphatic rings. The van der Waals surface area contributed by atoms with Crippen LogP contribution in [0.25, 0.3) is 0 Å². The summed E-state index contributed by atoms with van der Waals surface area (Å²) in [5.74, 6) is 1.20. The van der Waals surface area contributed by atoms with Crippen LogP contribution < -0.4 is 0 Å². The van der Waals surface area contributed by atoms with Crippen molar-refractivity contribution < 1.29 is 4.79 Å². The van der Waals surface area contributed by atoms with Crippen molar-refractivity contribution in [2.75, 3.05) is 19.0 Å². The predicted octanol–water partition coefficient (Wildman–Crippen LogP) is 0.889. The first-order valence-corrected chi connectivity index (χ1v) is 4.70. The maximum atomic E-state index is 11.5. The highest BCUT2D eigenvalue weighted by atomic mass is 35.5. The van der Waals surface area contributed by atoms with E-state index in [2.05, 4.69) is 4.90 Å². The lowest BCUT2D eigenvalue weighted by Gasteiger charge is -2.43. The van der Waals surface area contributed by atoms with E-state index >= 15 is 0 Å². The van der Waals surface area contributed by atoms with E-state index in [1.165, 1.54) is 0 Å². The molecule has 0 aromatic heterocycles. The lowest BCUT2D eigenvalue weighted by atomic mass is 9.83. The van der Waals surface area contributed by atoms with Crippen molar-refractivity contribution in [1.82, 2.24) is 4.90 Å². The molecule has 2 nitrogen and oxygen atoms in total. The lowest BCUT2D eigenvalue weighted by Crippen LogP contribution is -2.56. The molecule has 1 atom stereocenters. The van der Waals surface area contributed by atoms with Gasteiger partial charge in [-0.25, -0.2) is 0 Å². The maximum absolute atomic E-state index is 11.5. The van der Waals surface area contributed by atoms with Crippen molar-refractivity contribution in [2.24, 2.45) is 5.92 Å². The van der Waals surface area contributed by atoms with E-state index in [-0.39, 0.29) is 6.04 Å². The van der Waals surface area contributed by atoms with E-state index in [4.69, 9.17) is 11.6 Å². The second-order valence-corrected chi connectivity index (χ2v) is 3.69. The number of piperidine rings is 3. The summed E-state index contributed by atoms with van der Waals surface area (Å²) in [6, 6.07) is 0.0455. The predicted molar refractivity (Wildman–Crippen MR) is 43.8 cm³/mol. The van der Waals surface area contributed by atoms with Gasteiger partial charge < -0.3 is 0 Å². The van der Waals surface area contributed by atoms with E-state index in [1.54, 1.807) is 0 Å². The molecule has 11 heavy (non-hydrogen) atoms. The topological polar surface area (TPSA) is 20.3 Å². The van der Waals surface area contributed by atoms with Crippen LogP contribution in [0.15, 0.2) is 0 Å². The minimum absolute atomic E-state index is 0.0455. The minimum Gasteiger partial charge on any atom is -0.298 e. The summed E-state index contributed by atoms with van der Waals surface area (Å²) in [5.41, 5.74) is 0. The summed E-state index contributed by atoms with van der Waals surface area (Å²) >= 11 is 5.71. The molecular weight excluding hydrogens is 162 g/mol.